The highest BCUT2D eigenvalue weighted by atomic mass is 16.5. The number of aryl methyl sites for hydroxylation is 1. The van der Waals surface area contributed by atoms with Crippen LogP contribution < -0.4 is 4.57 Å². The lowest BCUT2D eigenvalue weighted by atomic mass is 10.3. The van der Waals surface area contributed by atoms with Gasteiger partial charge in [0.25, 0.3) is 5.82 Å². The van der Waals surface area contributed by atoms with Gasteiger partial charge in [-0.05, 0) is 13.3 Å². The lowest BCUT2D eigenvalue weighted by molar-refractivity contribution is -0.702. The Morgan fingerprint density at radius 1 is 1.40 bits per heavy atom. The van der Waals surface area contributed by atoms with Gasteiger partial charge in [0.2, 0.25) is 0 Å². The van der Waals surface area contributed by atoms with Gasteiger partial charge in [-0.1, -0.05) is 13.3 Å². The third-order valence-corrected chi connectivity index (χ3v) is 2.69. The number of aromatic nitrogens is 2. The molecule has 1 aromatic rings. The summed E-state index contributed by atoms with van der Waals surface area (Å²) in [4.78, 5) is 0. The normalized spacial score (nSPS) is 10.9. The maximum absolute atomic E-state index is 5.35. The third-order valence-electron chi connectivity index (χ3n) is 2.69. The summed E-state index contributed by atoms with van der Waals surface area (Å²) in [6, 6.07) is 0. The van der Waals surface area contributed by atoms with Crippen molar-refractivity contribution in [3.8, 4) is 0 Å². The SMILES string of the molecule is CCCC[n+]1ccn(CCOCC)c1C. The van der Waals surface area contributed by atoms with Crippen molar-refractivity contribution >= 4 is 0 Å². The highest BCUT2D eigenvalue weighted by Gasteiger charge is 2.10. The van der Waals surface area contributed by atoms with Crippen LogP contribution in [0.4, 0.5) is 0 Å². The minimum Gasteiger partial charge on any atom is -0.378 e. The molecule has 0 fully saturated rings. The smallest absolute Gasteiger partial charge is 0.253 e. The molecule has 86 valence electrons. The van der Waals surface area contributed by atoms with E-state index in [1.165, 1.54) is 18.7 Å². The molecule has 0 amide bonds. The summed E-state index contributed by atoms with van der Waals surface area (Å²) < 4.78 is 9.92. The second-order valence-corrected chi connectivity index (χ2v) is 3.78. The third kappa shape index (κ3) is 3.67. The average Bonchev–Trinajstić information content (AvgIpc) is 2.58. The van der Waals surface area contributed by atoms with Crippen molar-refractivity contribution in [3.63, 3.8) is 0 Å². The number of ether oxygens (including phenoxy) is 1. The molecular weight excluding hydrogens is 188 g/mol. The van der Waals surface area contributed by atoms with Gasteiger partial charge in [0.1, 0.15) is 18.9 Å². The minimum atomic E-state index is 0.802. The molecule has 0 unspecified atom stereocenters. The first-order valence-electron chi connectivity index (χ1n) is 5.92. The summed E-state index contributed by atoms with van der Waals surface area (Å²) in [7, 11) is 0. The van der Waals surface area contributed by atoms with Gasteiger partial charge in [-0.25, -0.2) is 9.13 Å². The summed E-state index contributed by atoms with van der Waals surface area (Å²) in [5.74, 6) is 1.32. The summed E-state index contributed by atoms with van der Waals surface area (Å²) >= 11 is 0. The zero-order chi connectivity index (χ0) is 11.1. The number of imidazole rings is 1. The Balaban J connectivity index is 2.47. The molecule has 15 heavy (non-hydrogen) atoms. The molecule has 0 saturated carbocycles. The van der Waals surface area contributed by atoms with E-state index in [1.807, 2.05) is 6.92 Å². The number of rotatable bonds is 7. The van der Waals surface area contributed by atoms with Crippen LogP contribution in [0.15, 0.2) is 12.4 Å². The monoisotopic (exact) mass is 211 g/mol. The van der Waals surface area contributed by atoms with Crippen LogP contribution >= 0.6 is 0 Å². The van der Waals surface area contributed by atoms with E-state index in [1.54, 1.807) is 0 Å². The van der Waals surface area contributed by atoms with Crippen LogP contribution in [-0.4, -0.2) is 17.8 Å². The van der Waals surface area contributed by atoms with E-state index in [9.17, 15) is 0 Å². The molecule has 0 spiro atoms. The fourth-order valence-electron chi connectivity index (χ4n) is 1.65. The standard InChI is InChI=1S/C12H23N2O/c1-4-6-7-13-8-9-14(12(13)3)10-11-15-5-2/h8-9H,4-7,10-11H2,1-3H3/q+1. The molecule has 0 aromatic carbocycles. The van der Waals surface area contributed by atoms with Crippen LogP contribution in [0.5, 0.6) is 0 Å². The van der Waals surface area contributed by atoms with Crippen molar-refractivity contribution in [2.75, 3.05) is 13.2 Å². The van der Waals surface area contributed by atoms with Crippen molar-refractivity contribution in [2.24, 2.45) is 0 Å². The lowest BCUT2D eigenvalue weighted by Crippen LogP contribution is -2.35. The average molecular weight is 211 g/mol. The van der Waals surface area contributed by atoms with Gasteiger partial charge in [0, 0.05) is 13.5 Å². The highest BCUT2D eigenvalue weighted by Crippen LogP contribution is 1.96. The number of hydrogen-bond donors (Lipinski definition) is 0. The van der Waals surface area contributed by atoms with Gasteiger partial charge in [-0.2, -0.15) is 0 Å². The molecule has 0 N–H and O–H groups in total. The Hall–Kier alpha value is -0.830. The molecule has 0 atom stereocenters. The van der Waals surface area contributed by atoms with Crippen molar-refractivity contribution in [1.82, 2.24) is 4.57 Å². The first-order chi connectivity index (χ1) is 7.29. The van der Waals surface area contributed by atoms with Gasteiger partial charge in [0.05, 0.1) is 13.2 Å². The maximum atomic E-state index is 5.35. The molecule has 0 bridgehead atoms. The second-order valence-electron chi connectivity index (χ2n) is 3.78. The molecule has 1 aromatic heterocycles. The van der Waals surface area contributed by atoms with Crippen LogP contribution in [0.1, 0.15) is 32.5 Å². The molecule has 0 aliphatic carbocycles. The number of unbranched alkanes of at least 4 members (excludes halogenated alkanes) is 1. The van der Waals surface area contributed by atoms with Crippen LogP contribution in [0.3, 0.4) is 0 Å². The van der Waals surface area contributed by atoms with Crippen LogP contribution in [-0.2, 0) is 17.8 Å². The fraction of sp³-hybridized carbons (Fsp3) is 0.750. The Morgan fingerprint density at radius 3 is 2.87 bits per heavy atom. The zero-order valence-corrected chi connectivity index (χ0v) is 10.2. The van der Waals surface area contributed by atoms with Crippen LogP contribution in [0, 0.1) is 6.92 Å². The Morgan fingerprint density at radius 2 is 2.20 bits per heavy atom. The zero-order valence-electron chi connectivity index (χ0n) is 10.2. The van der Waals surface area contributed by atoms with Gasteiger partial charge in [0.15, 0.2) is 0 Å². The Labute approximate surface area is 92.7 Å². The molecule has 3 heteroatoms. The van der Waals surface area contributed by atoms with E-state index in [0.29, 0.717) is 0 Å². The first kappa shape index (κ1) is 12.2. The van der Waals surface area contributed by atoms with E-state index in [4.69, 9.17) is 4.74 Å². The molecule has 0 aliphatic heterocycles. The fourth-order valence-corrected chi connectivity index (χ4v) is 1.65. The predicted octanol–water partition coefficient (Wildman–Crippen LogP) is 1.92. The van der Waals surface area contributed by atoms with Gasteiger partial charge >= 0.3 is 0 Å². The van der Waals surface area contributed by atoms with Crippen molar-refractivity contribution in [2.45, 2.75) is 46.7 Å². The molecular formula is C12H23N2O+. The Bertz CT molecular complexity index is 281. The number of nitrogens with zero attached hydrogens (tertiary/aromatic N) is 2. The summed E-state index contributed by atoms with van der Waals surface area (Å²) in [5, 5.41) is 0. The van der Waals surface area contributed by atoms with Crippen molar-refractivity contribution in [3.05, 3.63) is 18.2 Å². The summed E-state index contributed by atoms with van der Waals surface area (Å²) in [5.41, 5.74) is 0. The number of hydrogen-bond acceptors (Lipinski definition) is 1. The summed E-state index contributed by atoms with van der Waals surface area (Å²) in [6.45, 7) is 10.1. The van der Waals surface area contributed by atoms with Crippen molar-refractivity contribution < 1.29 is 9.30 Å². The quantitative estimate of drug-likeness (QED) is 0.498. The molecule has 1 rings (SSSR count). The predicted molar refractivity (Wildman–Crippen MR) is 60.8 cm³/mol. The van der Waals surface area contributed by atoms with E-state index in [2.05, 4.69) is 35.4 Å². The van der Waals surface area contributed by atoms with E-state index >= 15 is 0 Å². The Kier molecular flexibility index (Phi) is 5.40. The molecule has 0 aliphatic rings. The lowest BCUT2D eigenvalue weighted by Gasteiger charge is -2.01. The van der Waals surface area contributed by atoms with Crippen LogP contribution in [0.25, 0.3) is 0 Å². The van der Waals surface area contributed by atoms with Gasteiger partial charge in [-0.15, -0.1) is 0 Å². The topological polar surface area (TPSA) is 18.0 Å². The second kappa shape index (κ2) is 6.62. The summed E-state index contributed by atoms with van der Waals surface area (Å²) in [6.07, 6.45) is 6.80. The molecule has 0 saturated heterocycles. The molecule has 3 nitrogen and oxygen atoms in total. The van der Waals surface area contributed by atoms with Crippen molar-refractivity contribution in [1.29, 1.82) is 0 Å². The van der Waals surface area contributed by atoms with Gasteiger partial charge < -0.3 is 4.74 Å². The first-order valence-corrected chi connectivity index (χ1v) is 5.92. The minimum absolute atomic E-state index is 0.802. The highest BCUT2D eigenvalue weighted by molar-refractivity contribution is 4.79. The largest absolute Gasteiger partial charge is 0.378 e. The van der Waals surface area contributed by atoms with Gasteiger partial charge in [-0.3, -0.25) is 0 Å². The van der Waals surface area contributed by atoms with Crippen LogP contribution in [0.2, 0.25) is 0 Å². The molecule has 1 heterocycles. The van der Waals surface area contributed by atoms with E-state index in [0.717, 1.165) is 26.3 Å². The maximum Gasteiger partial charge on any atom is 0.253 e. The van der Waals surface area contributed by atoms with E-state index < -0.39 is 0 Å². The molecule has 0 radical (unpaired) electrons. The van der Waals surface area contributed by atoms with E-state index in [-0.39, 0.29) is 0 Å².